The van der Waals surface area contributed by atoms with Gasteiger partial charge in [-0.15, -0.1) is 5.10 Å². The van der Waals surface area contributed by atoms with Crippen LogP contribution in [0.5, 0.6) is 0 Å². The molecule has 0 aliphatic rings. The highest BCUT2D eigenvalue weighted by atomic mass is 32.1. The van der Waals surface area contributed by atoms with E-state index in [4.69, 9.17) is 0 Å². The number of nitrogens with zero attached hydrogens (tertiary/aromatic N) is 4. The van der Waals surface area contributed by atoms with Crippen molar-refractivity contribution in [1.82, 2.24) is 24.7 Å². The lowest BCUT2D eigenvalue weighted by molar-refractivity contribution is 0.469. The van der Waals surface area contributed by atoms with Crippen molar-refractivity contribution in [2.24, 2.45) is 0 Å². The molecule has 98 valence electrons. The number of aromatic nitrogens is 4. The fourth-order valence-corrected chi connectivity index (χ4v) is 2.41. The van der Waals surface area contributed by atoms with Gasteiger partial charge in [-0.05, 0) is 38.0 Å². The third-order valence-electron chi connectivity index (χ3n) is 3.19. The average Bonchev–Trinajstić information content (AvgIpc) is 3.05. The molecule has 2 unspecified atom stereocenters. The molecule has 2 rings (SSSR count). The molecule has 0 spiro atoms. The van der Waals surface area contributed by atoms with E-state index in [1.165, 1.54) is 11.5 Å². The van der Waals surface area contributed by atoms with Gasteiger partial charge in [0, 0.05) is 18.7 Å². The summed E-state index contributed by atoms with van der Waals surface area (Å²) >= 11 is 1.43. The Hall–Kier alpha value is -1.27. The summed E-state index contributed by atoms with van der Waals surface area (Å²) in [5.41, 5.74) is 1.10. The molecule has 1 N–H and O–H groups in total. The number of likely N-dealkylation sites (N-methyl/N-ethyl adjacent to an activating group) is 1. The van der Waals surface area contributed by atoms with Crippen molar-refractivity contribution in [2.75, 3.05) is 7.05 Å². The molecule has 2 heterocycles. The predicted octanol–water partition coefficient (Wildman–Crippen LogP) is 2.21. The minimum Gasteiger partial charge on any atom is -0.312 e. The van der Waals surface area contributed by atoms with E-state index in [1.807, 2.05) is 17.9 Å². The molecule has 2 aromatic rings. The van der Waals surface area contributed by atoms with Crippen LogP contribution in [0.1, 0.15) is 42.9 Å². The number of nitrogens with one attached hydrogen (secondary N) is 1. The molecule has 0 saturated carbocycles. The molecule has 6 heteroatoms. The highest BCUT2D eigenvalue weighted by molar-refractivity contribution is 7.05. The predicted molar refractivity (Wildman–Crippen MR) is 72.6 cm³/mol. The summed E-state index contributed by atoms with van der Waals surface area (Å²) in [6.07, 6.45) is 5.83. The number of rotatable bonds is 6. The Kier molecular flexibility index (Phi) is 4.43. The second-order valence-corrected chi connectivity index (χ2v) is 5.23. The van der Waals surface area contributed by atoms with Gasteiger partial charge in [-0.25, -0.2) is 0 Å². The Labute approximate surface area is 111 Å². The van der Waals surface area contributed by atoms with Crippen LogP contribution in [0, 0.1) is 0 Å². The monoisotopic (exact) mass is 265 g/mol. The smallest absolute Gasteiger partial charge is 0.0669 e. The van der Waals surface area contributed by atoms with Crippen molar-refractivity contribution < 1.29 is 0 Å². The molecule has 0 radical (unpaired) electrons. The van der Waals surface area contributed by atoms with Crippen LogP contribution in [-0.4, -0.2) is 26.4 Å². The largest absolute Gasteiger partial charge is 0.312 e. The maximum Gasteiger partial charge on any atom is 0.0669 e. The van der Waals surface area contributed by atoms with Crippen LogP contribution in [0.15, 0.2) is 18.5 Å². The van der Waals surface area contributed by atoms with Crippen LogP contribution >= 0.6 is 11.5 Å². The van der Waals surface area contributed by atoms with Crippen molar-refractivity contribution in [1.29, 1.82) is 0 Å². The Bertz CT molecular complexity index is 465. The first kappa shape index (κ1) is 13.2. The van der Waals surface area contributed by atoms with E-state index in [9.17, 15) is 0 Å². The average molecular weight is 265 g/mol. The zero-order valence-electron chi connectivity index (χ0n) is 11.0. The summed E-state index contributed by atoms with van der Waals surface area (Å²) in [7, 11) is 1.95. The molecule has 0 amide bonds. The minimum atomic E-state index is 0.241. The molecule has 0 aliphatic heterocycles. The summed E-state index contributed by atoms with van der Waals surface area (Å²) < 4.78 is 5.94. The van der Waals surface area contributed by atoms with E-state index in [0.29, 0.717) is 6.04 Å². The fraction of sp³-hybridized carbons (Fsp3) is 0.583. The molecular formula is C12H19N5S. The quantitative estimate of drug-likeness (QED) is 0.870. The van der Waals surface area contributed by atoms with Gasteiger partial charge in [-0.3, -0.25) is 4.68 Å². The third-order valence-corrected chi connectivity index (χ3v) is 3.97. The van der Waals surface area contributed by atoms with Gasteiger partial charge >= 0.3 is 0 Å². The van der Waals surface area contributed by atoms with Crippen LogP contribution in [0.25, 0.3) is 0 Å². The summed E-state index contributed by atoms with van der Waals surface area (Å²) in [5.74, 6) is 0. The SMILES string of the molecule is CCC(C)n1ccc(CC(NC)c2cnns2)n1. The summed E-state index contributed by atoms with van der Waals surface area (Å²) in [6.45, 7) is 4.35. The second kappa shape index (κ2) is 6.06. The Morgan fingerprint density at radius 2 is 2.33 bits per heavy atom. The summed E-state index contributed by atoms with van der Waals surface area (Å²) in [4.78, 5) is 1.15. The molecular weight excluding hydrogens is 246 g/mol. The van der Waals surface area contributed by atoms with Gasteiger partial charge in [0.1, 0.15) is 0 Å². The molecule has 0 fully saturated rings. The van der Waals surface area contributed by atoms with Gasteiger partial charge in [-0.2, -0.15) is 5.10 Å². The lowest BCUT2D eigenvalue weighted by atomic mass is 10.1. The summed E-state index contributed by atoms with van der Waals surface area (Å²) in [5, 5.41) is 11.8. The molecule has 2 atom stereocenters. The van der Waals surface area contributed by atoms with Crippen molar-refractivity contribution >= 4 is 11.5 Å². The topological polar surface area (TPSA) is 55.6 Å². The molecule has 0 aliphatic carbocycles. The van der Waals surface area contributed by atoms with Crippen molar-refractivity contribution in [2.45, 2.75) is 38.8 Å². The zero-order chi connectivity index (χ0) is 13.0. The van der Waals surface area contributed by atoms with Crippen LogP contribution in [0.4, 0.5) is 0 Å². The third kappa shape index (κ3) is 2.94. The first-order valence-corrected chi connectivity index (χ1v) is 7.00. The second-order valence-electron chi connectivity index (χ2n) is 4.41. The molecule has 0 aromatic carbocycles. The number of hydrogen-bond acceptors (Lipinski definition) is 5. The van der Waals surface area contributed by atoms with Crippen LogP contribution < -0.4 is 5.32 Å². The lowest BCUT2D eigenvalue weighted by Crippen LogP contribution is -2.18. The maximum absolute atomic E-state index is 4.62. The zero-order valence-corrected chi connectivity index (χ0v) is 11.8. The van der Waals surface area contributed by atoms with E-state index in [-0.39, 0.29) is 6.04 Å². The first-order valence-electron chi connectivity index (χ1n) is 6.23. The van der Waals surface area contributed by atoms with Crippen molar-refractivity contribution in [3.05, 3.63) is 29.0 Å². The molecule has 2 aromatic heterocycles. The fourth-order valence-electron chi connectivity index (χ4n) is 1.80. The minimum absolute atomic E-state index is 0.241. The Morgan fingerprint density at radius 1 is 1.50 bits per heavy atom. The van der Waals surface area contributed by atoms with Crippen LogP contribution in [0.2, 0.25) is 0 Å². The maximum atomic E-state index is 4.62. The standard InChI is InChI=1S/C12H19N5S/c1-4-9(2)17-6-5-10(15-17)7-11(13-3)12-8-14-16-18-12/h5-6,8-9,11,13H,4,7H2,1-3H3. The van der Waals surface area contributed by atoms with Gasteiger partial charge in [0.05, 0.1) is 22.8 Å². The first-order chi connectivity index (χ1) is 8.74. The Morgan fingerprint density at radius 3 is 2.94 bits per heavy atom. The van der Waals surface area contributed by atoms with Crippen LogP contribution in [-0.2, 0) is 6.42 Å². The highest BCUT2D eigenvalue weighted by Gasteiger charge is 2.14. The van der Waals surface area contributed by atoms with Crippen molar-refractivity contribution in [3.8, 4) is 0 Å². The molecule has 5 nitrogen and oxygen atoms in total. The molecule has 0 bridgehead atoms. The van der Waals surface area contributed by atoms with E-state index < -0.39 is 0 Å². The van der Waals surface area contributed by atoms with Crippen LogP contribution in [0.3, 0.4) is 0 Å². The number of hydrogen-bond donors (Lipinski definition) is 1. The highest BCUT2D eigenvalue weighted by Crippen LogP contribution is 2.19. The molecule has 0 saturated heterocycles. The summed E-state index contributed by atoms with van der Waals surface area (Å²) in [6, 6.07) is 2.78. The van der Waals surface area contributed by atoms with Gasteiger partial charge < -0.3 is 5.32 Å². The van der Waals surface area contributed by atoms with Gasteiger partial charge in [0.15, 0.2) is 0 Å². The van der Waals surface area contributed by atoms with Gasteiger partial charge in [-0.1, -0.05) is 11.4 Å². The van der Waals surface area contributed by atoms with Gasteiger partial charge in [0.2, 0.25) is 0 Å². The molecule has 18 heavy (non-hydrogen) atoms. The van der Waals surface area contributed by atoms with E-state index >= 15 is 0 Å². The normalized spacial score (nSPS) is 14.6. The Balaban J connectivity index is 2.06. The van der Waals surface area contributed by atoms with Gasteiger partial charge in [0.25, 0.3) is 0 Å². The van der Waals surface area contributed by atoms with Crippen molar-refractivity contribution in [3.63, 3.8) is 0 Å². The van der Waals surface area contributed by atoms with E-state index in [2.05, 4.69) is 46.1 Å². The lowest BCUT2D eigenvalue weighted by Gasteiger charge is -2.12. The van der Waals surface area contributed by atoms with E-state index in [1.54, 1.807) is 0 Å². The van der Waals surface area contributed by atoms with E-state index in [0.717, 1.165) is 23.4 Å².